The van der Waals surface area contributed by atoms with E-state index in [4.69, 9.17) is 5.73 Å². The number of nitrogens with zero attached hydrogens (tertiary/aromatic N) is 3. The number of hydrogen-bond donors (Lipinski definition) is 1. The average molecular weight is 238 g/mol. The molecule has 1 aromatic heterocycles. The first kappa shape index (κ1) is 14.2. The maximum absolute atomic E-state index is 5.95. The number of hydrogen-bond acceptors (Lipinski definition) is 3. The highest BCUT2D eigenvalue weighted by atomic mass is 15.3. The second-order valence-electron chi connectivity index (χ2n) is 4.47. The van der Waals surface area contributed by atoms with Gasteiger partial charge in [-0.05, 0) is 26.8 Å². The third-order valence-corrected chi connectivity index (χ3v) is 3.51. The van der Waals surface area contributed by atoms with Crippen molar-refractivity contribution in [2.24, 2.45) is 5.73 Å². The van der Waals surface area contributed by atoms with Crippen molar-refractivity contribution in [1.29, 1.82) is 0 Å². The van der Waals surface area contributed by atoms with Crippen LogP contribution in [0.1, 0.15) is 45.7 Å². The standard InChI is InChI=1S/C13H26N4/c1-5-11(4)17(7-3)13(8-14)12-9-15-16(6-2)10-12/h9-11,13H,5-8,14H2,1-4H3. The maximum atomic E-state index is 5.95. The first-order chi connectivity index (χ1) is 8.17. The fraction of sp³-hybridized carbons (Fsp3) is 0.769. The molecule has 1 heterocycles. The van der Waals surface area contributed by atoms with Crippen LogP contribution >= 0.6 is 0 Å². The van der Waals surface area contributed by atoms with Crippen LogP contribution in [0.25, 0.3) is 0 Å². The summed E-state index contributed by atoms with van der Waals surface area (Å²) in [5, 5.41) is 4.34. The zero-order valence-corrected chi connectivity index (χ0v) is 11.6. The van der Waals surface area contributed by atoms with Crippen molar-refractivity contribution in [3.8, 4) is 0 Å². The molecule has 1 rings (SSSR count). The lowest BCUT2D eigenvalue weighted by molar-refractivity contribution is 0.152. The van der Waals surface area contributed by atoms with Gasteiger partial charge >= 0.3 is 0 Å². The van der Waals surface area contributed by atoms with Gasteiger partial charge in [0.2, 0.25) is 0 Å². The molecule has 0 aromatic carbocycles. The number of rotatable bonds is 7. The number of aromatic nitrogens is 2. The minimum Gasteiger partial charge on any atom is -0.329 e. The Hall–Kier alpha value is -0.870. The molecule has 1 aromatic rings. The SMILES string of the molecule is CCC(C)N(CC)C(CN)c1cnn(CC)c1. The van der Waals surface area contributed by atoms with Gasteiger partial charge in [0.25, 0.3) is 0 Å². The van der Waals surface area contributed by atoms with E-state index in [9.17, 15) is 0 Å². The van der Waals surface area contributed by atoms with Crippen LogP contribution in [0.4, 0.5) is 0 Å². The zero-order valence-electron chi connectivity index (χ0n) is 11.6. The molecule has 4 nitrogen and oxygen atoms in total. The van der Waals surface area contributed by atoms with Crippen LogP contribution < -0.4 is 5.73 Å². The molecular weight excluding hydrogens is 212 g/mol. The van der Waals surface area contributed by atoms with E-state index in [-0.39, 0.29) is 6.04 Å². The Labute approximate surface area is 105 Å². The Morgan fingerprint density at radius 3 is 2.53 bits per heavy atom. The molecule has 17 heavy (non-hydrogen) atoms. The van der Waals surface area contributed by atoms with Crippen molar-refractivity contribution in [3.63, 3.8) is 0 Å². The van der Waals surface area contributed by atoms with E-state index in [0.717, 1.165) is 19.5 Å². The monoisotopic (exact) mass is 238 g/mol. The second kappa shape index (κ2) is 6.77. The summed E-state index contributed by atoms with van der Waals surface area (Å²) in [5.74, 6) is 0. The van der Waals surface area contributed by atoms with Crippen LogP contribution in [0.2, 0.25) is 0 Å². The molecule has 0 saturated heterocycles. The van der Waals surface area contributed by atoms with Gasteiger partial charge in [0, 0.05) is 30.9 Å². The predicted octanol–water partition coefficient (Wildman–Crippen LogP) is 2.02. The lowest BCUT2D eigenvalue weighted by Crippen LogP contribution is -2.39. The van der Waals surface area contributed by atoms with Crippen molar-refractivity contribution in [1.82, 2.24) is 14.7 Å². The molecule has 0 aliphatic rings. The molecule has 2 N–H and O–H groups in total. The van der Waals surface area contributed by atoms with Gasteiger partial charge in [0.05, 0.1) is 12.2 Å². The predicted molar refractivity (Wildman–Crippen MR) is 71.8 cm³/mol. The third-order valence-electron chi connectivity index (χ3n) is 3.51. The van der Waals surface area contributed by atoms with Crippen molar-refractivity contribution in [3.05, 3.63) is 18.0 Å². The molecule has 0 amide bonds. The molecule has 4 heteroatoms. The van der Waals surface area contributed by atoms with Crippen LogP contribution in [0.3, 0.4) is 0 Å². The summed E-state index contributed by atoms with van der Waals surface area (Å²) in [6.45, 7) is 11.3. The van der Waals surface area contributed by atoms with Gasteiger partial charge in [-0.3, -0.25) is 9.58 Å². The summed E-state index contributed by atoms with van der Waals surface area (Å²) in [6, 6.07) is 0.841. The molecule has 0 saturated carbocycles. The first-order valence-corrected chi connectivity index (χ1v) is 6.65. The zero-order chi connectivity index (χ0) is 12.8. The topological polar surface area (TPSA) is 47.1 Å². The van der Waals surface area contributed by atoms with Crippen LogP contribution in [0.5, 0.6) is 0 Å². The minimum absolute atomic E-state index is 0.287. The third kappa shape index (κ3) is 3.30. The molecule has 2 atom stereocenters. The van der Waals surface area contributed by atoms with E-state index in [1.165, 1.54) is 5.56 Å². The highest BCUT2D eigenvalue weighted by Gasteiger charge is 2.22. The summed E-state index contributed by atoms with van der Waals surface area (Å²) in [5.41, 5.74) is 7.18. The van der Waals surface area contributed by atoms with E-state index in [2.05, 4.69) is 43.9 Å². The van der Waals surface area contributed by atoms with E-state index in [0.29, 0.717) is 12.6 Å². The molecule has 98 valence electrons. The minimum atomic E-state index is 0.287. The molecule has 0 radical (unpaired) electrons. The molecule has 0 aliphatic heterocycles. The van der Waals surface area contributed by atoms with Crippen molar-refractivity contribution in [2.75, 3.05) is 13.1 Å². The Morgan fingerprint density at radius 1 is 1.41 bits per heavy atom. The number of aryl methyl sites for hydroxylation is 1. The summed E-state index contributed by atoms with van der Waals surface area (Å²) in [6.07, 6.45) is 5.21. The molecule has 2 unspecified atom stereocenters. The van der Waals surface area contributed by atoms with E-state index in [1.807, 2.05) is 10.9 Å². The molecule has 0 spiro atoms. The molecule has 0 fully saturated rings. The van der Waals surface area contributed by atoms with Crippen LogP contribution in [-0.2, 0) is 6.54 Å². The largest absolute Gasteiger partial charge is 0.329 e. The van der Waals surface area contributed by atoms with Gasteiger partial charge in [-0.1, -0.05) is 13.8 Å². The summed E-state index contributed by atoms with van der Waals surface area (Å²) in [7, 11) is 0. The average Bonchev–Trinajstić information content (AvgIpc) is 2.83. The number of nitrogens with two attached hydrogens (primary N) is 1. The summed E-state index contributed by atoms with van der Waals surface area (Å²) in [4.78, 5) is 2.46. The van der Waals surface area contributed by atoms with Crippen LogP contribution in [0.15, 0.2) is 12.4 Å². The highest BCUT2D eigenvalue weighted by molar-refractivity contribution is 5.11. The van der Waals surface area contributed by atoms with Crippen molar-refractivity contribution >= 4 is 0 Å². The Kier molecular flexibility index (Phi) is 5.65. The Balaban J connectivity index is 2.88. The van der Waals surface area contributed by atoms with E-state index >= 15 is 0 Å². The van der Waals surface area contributed by atoms with Gasteiger partial charge < -0.3 is 5.73 Å². The first-order valence-electron chi connectivity index (χ1n) is 6.65. The van der Waals surface area contributed by atoms with Crippen LogP contribution in [-0.4, -0.2) is 33.8 Å². The molecular formula is C13H26N4. The normalized spacial score (nSPS) is 15.2. The molecule has 0 aliphatic carbocycles. The lowest BCUT2D eigenvalue weighted by Gasteiger charge is -2.34. The summed E-state index contributed by atoms with van der Waals surface area (Å²) >= 11 is 0. The maximum Gasteiger partial charge on any atom is 0.0538 e. The Morgan fingerprint density at radius 2 is 2.12 bits per heavy atom. The number of likely N-dealkylation sites (N-methyl/N-ethyl adjacent to an activating group) is 1. The molecule has 0 bridgehead atoms. The lowest BCUT2D eigenvalue weighted by atomic mass is 10.1. The van der Waals surface area contributed by atoms with Crippen LogP contribution in [0, 0.1) is 0 Å². The fourth-order valence-corrected chi connectivity index (χ4v) is 2.26. The quantitative estimate of drug-likeness (QED) is 0.790. The van der Waals surface area contributed by atoms with Gasteiger partial charge in [-0.2, -0.15) is 5.10 Å². The highest BCUT2D eigenvalue weighted by Crippen LogP contribution is 2.22. The van der Waals surface area contributed by atoms with Crippen molar-refractivity contribution in [2.45, 2.75) is 52.7 Å². The summed E-state index contributed by atoms with van der Waals surface area (Å²) < 4.78 is 1.96. The van der Waals surface area contributed by atoms with E-state index in [1.54, 1.807) is 0 Å². The van der Waals surface area contributed by atoms with Crippen molar-refractivity contribution < 1.29 is 0 Å². The van der Waals surface area contributed by atoms with Gasteiger partial charge in [-0.15, -0.1) is 0 Å². The fourth-order valence-electron chi connectivity index (χ4n) is 2.26. The van der Waals surface area contributed by atoms with Gasteiger partial charge in [-0.25, -0.2) is 0 Å². The van der Waals surface area contributed by atoms with E-state index < -0.39 is 0 Å². The smallest absolute Gasteiger partial charge is 0.0538 e. The second-order valence-corrected chi connectivity index (χ2v) is 4.47. The van der Waals surface area contributed by atoms with Gasteiger partial charge in [0.15, 0.2) is 0 Å². The Bertz CT molecular complexity index is 321. The van der Waals surface area contributed by atoms with Gasteiger partial charge in [0.1, 0.15) is 0 Å².